The zero-order valence-electron chi connectivity index (χ0n) is 14.3. The number of hydrogen-bond acceptors (Lipinski definition) is 5. The summed E-state index contributed by atoms with van der Waals surface area (Å²) < 4.78 is 6.35. The Balaban J connectivity index is 1.59. The molecule has 0 spiro atoms. The first-order valence-electron chi connectivity index (χ1n) is 8.69. The van der Waals surface area contributed by atoms with Crippen molar-refractivity contribution in [3.05, 3.63) is 65.7 Å². The van der Waals surface area contributed by atoms with Gasteiger partial charge in [-0.05, 0) is 17.2 Å². The third-order valence-corrected chi connectivity index (χ3v) is 6.86. The van der Waals surface area contributed by atoms with E-state index in [1.165, 1.54) is 5.56 Å². The van der Waals surface area contributed by atoms with Crippen molar-refractivity contribution < 1.29 is 9.53 Å². The lowest BCUT2D eigenvalue weighted by molar-refractivity contribution is -0.134. The number of para-hydroxylation sites is 1. The molecule has 2 aliphatic rings. The number of ether oxygens (including phenoxy) is 1. The zero-order chi connectivity index (χ0) is 17.8. The first-order chi connectivity index (χ1) is 12.8. The minimum absolute atomic E-state index is 0.145. The molecule has 2 aromatic rings. The third-order valence-electron chi connectivity index (χ3n) is 4.42. The second kappa shape index (κ2) is 8.29. The van der Waals surface area contributed by atoms with Gasteiger partial charge in [-0.1, -0.05) is 72.1 Å². The van der Waals surface area contributed by atoms with Gasteiger partial charge in [-0.25, -0.2) is 4.99 Å². The van der Waals surface area contributed by atoms with E-state index in [9.17, 15) is 4.79 Å². The van der Waals surface area contributed by atoms with E-state index >= 15 is 0 Å². The summed E-state index contributed by atoms with van der Waals surface area (Å²) in [5.41, 5.74) is 3.29. The van der Waals surface area contributed by atoms with E-state index in [-0.39, 0.29) is 11.2 Å². The van der Waals surface area contributed by atoms with E-state index in [4.69, 9.17) is 9.73 Å². The minimum atomic E-state index is -0.272. The first-order valence-corrected chi connectivity index (χ1v) is 10.6. The highest BCUT2D eigenvalue weighted by molar-refractivity contribution is 8.38. The molecule has 4 nitrogen and oxygen atoms in total. The highest BCUT2D eigenvalue weighted by Gasteiger charge is 2.30. The van der Waals surface area contributed by atoms with E-state index in [0.717, 1.165) is 21.4 Å². The van der Waals surface area contributed by atoms with E-state index in [1.54, 1.807) is 23.5 Å². The van der Waals surface area contributed by atoms with E-state index in [2.05, 4.69) is 6.07 Å². The Kier molecular flexibility index (Phi) is 5.62. The quantitative estimate of drug-likeness (QED) is 0.793. The van der Waals surface area contributed by atoms with Gasteiger partial charge in [0.1, 0.15) is 9.63 Å². The fourth-order valence-corrected chi connectivity index (χ4v) is 5.33. The summed E-state index contributed by atoms with van der Waals surface area (Å²) in [5.74, 6) is 1.04. The standard InChI is InChI=1S/C20H20N2O2S2/c23-19(22-10-12-24-13-11-22)18(15-6-2-1-3-7-15)26-20-21-17-9-5-4-8-16(17)14-25-20/h1-9,18H,10-14H2/t18-/m1/s1. The molecule has 0 aromatic heterocycles. The number of aliphatic imine (C=N–C) groups is 1. The van der Waals surface area contributed by atoms with Gasteiger partial charge in [0.25, 0.3) is 0 Å². The number of amides is 1. The summed E-state index contributed by atoms with van der Waals surface area (Å²) in [6, 6.07) is 18.2. The lowest BCUT2D eigenvalue weighted by atomic mass is 10.1. The number of thioether (sulfide) groups is 2. The normalized spacial score (nSPS) is 18.0. The summed E-state index contributed by atoms with van der Waals surface area (Å²) in [6.45, 7) is 2.54. The number of benzene rings is 2. The van der Waals surface area contributed by atoms with Crippen LogP contribution in [0.25, 0.3) is 0 Å². The van der Waals surface area contributed by atoms with Gasteiger partial charge in [0, 0.05) is 18.8 Å². The molecule has 1 fully saturated rings. The number of hydrogen-bond donors (Lipinski definition) is 0. The Morgan fingerprint density at radius 3 is 2.62 bits per heavy atom. The van der Waals surface area contributed by atoms with Gasteiger partial charge in [0.15, 0.2) is 0 Å². The van der Waals surface area contributed by atoms with Gasteiger partial charge in [-0.3, -0.25) is 4.79 Å². The van der Waals surface area contributed by atoms with Crippen molar-refractivity contribution in [2.45, 2.75) is 11.0 Å². The number of fused-ring (bicyclic) bond motifs is 1. The van der Waals surface area contributed by atoms with Gasteiger partial charge < -0.3 is 9.64 Å². The largest absolute Gasteiger partial charge is 0.378 e. The van der Waals surface area contributed by atoms with Gasteiger partial charge in [-0.2, -0.15) is 0 Å². The fourth-order valence-electron chi connectivity index (χ4n) is 3.01. The molecule has 4 rings (SSSR count). The average Bonchev–Trinajstić information content (AvgIpc) is 2.73. The van der Waals surface area contributed by atoms with E-state index in [0.29, 0.717) is 26.3 Å². The number of nitrogens with zero attached hydrogens (tertiary/aromatic N) is 2. The molecule has 1 amide bonds. The molecule has 0 saturated carbocycles. The summed E-state index contributed by atoms with van der Waals surface area (Å²) in [5, 5.41) is -0.272. The minimum Gasteiger partial charge on any atom is -0.378 e. The highest BCUT2D eigenvalue weighted by Crippen LogP contribution is 2.41. The third kappa shape index (κ3) is 3.98. The topological polar surface area (TPSA) is 41.9 Å². The molecule has 2 aliphatic heterocycles. The lowest BCUT2D eigenvalue weighted by Gasteiger charge is -2.30. The average molecular weight is 385 g/mol. The Bertz CT molecular complexity index is 804. The van der Waals surface area contributed by atoms with Crippen LogP contribution in [0.15, 0.2) is 59.6 Å². The predicted molar refractivity (Wildman–Crippen MR) is 109 cm³/mol. The number of carbonyl (C=O) groups is 1. The molecule has 0 radical (unpaired) electrons. The summed E-state index contributed by atoms with van der Waals surface area (Å²) in [7, 11) is 0. The van der Waals surface area contributed by atoms with Gasteiger partial charge in [0.05, 0.1) is 18.9 Å². The van der Waals surface area contributed by atoms with Crippen molar-refractivity contribution in [1.29, 1.82) is 0 Å². The van der Waals surface area contributed by atoms with Crippen molar-refractivity contribution in [2.75, 3.05) is 26.3 Å². The SMILES string of the molecule is O=C([C@H](SC1=Nc2ccccc2CS1)c1ccccc1)N1CCOCC1. The molecule has 2 heterocycles. The smallest absolute Gasteiger partial charge is 0.240 e. The van der Waals surface area contributed by atoms with Crippen LogP contribution in [-0.2, 0) is 15.3 Å². The fraction of sp³-hybridized carbons (Fsp3) is 0.300. The molecular formula is C20H20N2O2S2. The molecule has 6 heteroatoms. The van der Waals surface area contributed by atoms with Crippen LogP contribution in [0, 0.1) is 0 Å². The van der Waals surface area contributed by atoms with Gasteiger partial charge in [0.2, 0.25) is 5.91 Å². The van der Waals surface area contributed by atoms with Gasteiger partial charge >= 0.3 is 0 Å². The van der Waals surface area contributed by atoms with Gasteiger partial charge in [-0.15, -0.1) is 0 Å². The maximum Gasteiger partial charge on any atom is 0.240 e. The van der Waals surface area contributed by atoms with Crippen LogP contribution in [0.3, 0.4) is 0 Å². The van der Waals surface area contributed by atoms with Crippen molar-refractivity contribution in [1.82, 2.24) is 4.90 Å². The number of carbonyl (C=O) groups excluding carboxylic acids is 1. The zero-order valence-corrected chi connectivity index (χ0v) is 16.0. The summed E-state index contributed by atoms with van der Waals surface area (Å²) in [6.07, 6.45) is 0. The number of morpholine rings is 1. The van der Waals surface area contributed by atoms with Crippen molar-refractivity contribution >= 4 is 39.5 Å². The lowest BCUT2D eigenvalue weighted by Crippen LogP contribution is -2.42. The molecule has 2 aromatic carbocycles. The van der Waals surface area contributed by atoms with Crippen molar-refractivity contribution in [3.63, 3.8) is 0 Å². The van der Waals surface area contributed by atoms with Crippen molar-refractivity contribution in [3.8, 4) is 0 Å². The van der Waals surface area contributed by atoms with Crippen LogP contribution < -0.4 is 0 Å². The molecule has 134 valence electrons. The molecule has 0 bridgehead atoms. The highest BCUT2D eigenvalue weighted by atomic mass is 32.2. The maximum atomic E-state index is 13.2. The Labute approximate surface area is 162 Å². The first kappa shape index (κ1) is 17.6. The molecule has 0 N–H and O–H groups in total. The second-order valence-corrected chi connectivity index (χ2v) is 8.46. The Hall–Kier alpha value is -1.76. The predicted octanol–water partition coefficient (Wildman–Crippen LogP) is 4.25. The Morgan fingerprint density at radius 2 is 1.81 bits per heavy atom. The Morgan fingerprint density at radius 1 is 1.08 bits per heavy atom. The molecule has 1 atom stereocenters. The maximum absolute atomic E-state index is 13.2. The molecular weight excluding hydrogens is 364 g/mol. The molecule has 26 heavy (non-hydrogen) atoms. The van der Waals surface area contributed by atoms with E-state index < -0.39 is 0 Å². The van der Waals surface area contributed by atoms with Crippen LogP contribution >= 0.6 is 23.5 Å². The van der Waals surface area contributed by atoms with E-state index in [1.807, 2.05) is 53.4 Å². The molecule has 0 aliphatic carbocycles. The number of rotatable bonds is 3. The second-order valence-electron chi connectivity index (χ2n) is 6.14. The van der Waals surface area contributed by atoms with Crippen LogP contribution in [0.2, 0.25) is 0 Å². The molecule has 0 unspecified atom stereocenters. The summed E-state index contributed by atoms with van der Waals surface area (Å²) >= 11 is 3.28. The molecule has 1 saturated heterocycles. The monoisotopic (exact) mass is 384 g/mol. The van der Waals surface area contributed by atoms with Crippen molar-refractivity contribution in [2.24, 2.45) is 4.99 Å². The van der Waals surface area contributed by atoms with Crippen LogP contribution in [0.1, 0.15) is 16.4 Å². The van der Waals surface area contributed by atoms with Crippen LogP contribution in [-0.4, -0.2) is 41.5 Å². The van der Waals surface area contributed by atoms with Crippen LogP contribution in [0.5, 0.6) is 0 Å². The van der Waals surface area contributed by atoms with Crippen LogP contribution in [0.4, 0.5) is 5.69 Å². The summed E-state index contributed by atoms with van der Waals surface area (Å²) in [4.78, 5) is 19.9.